The lowest BCUT2D eigenvalue weighted by molar-refractivity contribution is -0.121. The molecule has 1 N–H and O–H groups in total. The van der Waals surface area contributed by atoms with Crippen LogP contribution >= 0.6 is 10.2 Å². The van der Waals surface area contributed by atoms with Gasteiger partial charge in [0.15, 0.2) is 0 Å². The van der Waals surface area contributed by atoms with Crippen molar-refractivity contribution in [2.24, 2.45) is 0 Å². The Kier molecular flexibility index (Phi) is 6.38. The highest BCUT2D eigenvalue weighted by atomic mass is 32.5. The number of carbonyl (C=O) groups excluding carboxylic acids is 2. The molecular weight excluding hydrogens is 493 g/mol. The fourth-order valence-electron chi connectivity index (χ4n) is 3.21. The van der Waals surface area contributed by atoms with E-state index >= 15 is 0 Å². The first kappa shape index (κ1) is 25.7. The number of carbonyl (C=O) groups is 2. The molecule has 0 aliphatic rings. The van der Waals surface area contributed by atoms with E-state index in [0.29, 0.717) is 23.6 Å². The number of aromatic nitrogens is 1. The summed E-state index contributed by atoms with van der Waals surface area (Å²) in [7, 11) is -8.47. The van der Waals surface area contributed by atoms with Gasteiger partial charge in [0.2, 0.25) is 0 Å². The number of benzene rings is 2. The number of anilines is 2. The minimum atomic E-state index is -9.94. The maximum atomic E-state index is 13.3. The number of ether oxygens (including phenoxy) is 1. The zero-order valence-electron chi connectivity index (χ0n) is 18.2. The minimum Gasteiger partial charge on any atom is -0.497 e. The Balaban J connectivity index is 2.08. The van der Waals surface area contributed by atoms with Crippen molar-refractivity contribution in [3.63, 3.8) is 0 Å². The second-order valence-corrected chi connectivity index (χ2v) is 9.69. The summed E-state index contributed by atoms with van der Waals surface area (Å²) in [5.41, 5.74) is 0.316. The maximum Gasteiger partial charge on any atom is 0.310 e. The molecule has 0 aliphatic carbocycles. The number of hydrogen-bond acceptors (Lipinski definition) is 4. The lowest BCUT2D eigenvalue weighted by atomic mass is 10.0. The van der Waals surface area contributed by atoms with Gasteiger partial charge in [0.1, 0.15) is 16.7 Å². The van der Waals surface area contributed by atoms with Gasteiger partial charge in [0.25, 0.3) is 11.8 Å². The van der Waals surface area contributed by atoms with Gasteiger partial charge in [-0.05, 0) is 60.7 Å². The summed E-state index contributed by atoms with van der Waals surface area (Å²) >= 11 is 0. The molecule has 3 aromatic rings. The summed E-state index contributed by atoms with van der Waals surface area (Å²) in [6, 6.07) is 9.53. The number of nitrogens with zero attached hydrogens (tertiary/aromatic N) is 2. The van der Waals surface area contributed by atoms with Crippen molar-refractivity contribution in [1.82, 2.24) is 4.98 Å². The molecule has 6 nitrogen and oxygen atoms in total. The van der Waals surface area contributed by atoms with Gasteiger partial charge in [-0.2, -0.15) is 0 Å². The third kappa shape index (κ3) is 6.15. The second kappa shape index (κ2) is 8.69. The van der Waals surface area contributed by atoms with E-state index in [9.17, 15) is 29.0 Å². The zero-order valence-corrected chi connectivity index (χ0v) is 19.0. The van der Waals surface area contributed by atoms with Crippen molar-refractivity contribution >= 4 is 33.4 Å². The van der Waals surface area contributed by atoms with E-state index in [-0.39, 0.29) is 23.4 Å². The molecule has 2 amide bonds. The fourth-order valence-corrected chi connectivity index (χ4v) is 3.86. The van der Waals surface area contributed by atoms with E-state index in [4.69, 9.17) is 4.74 Å². The number of amides is 2. The van der Waals surface area contributed by atoms with Crippen LogP contribution in [0.2, 0.25) is 0 Å². The normalized spacial score (nSPS) is 14.1. The van der Waals surface area contributed by atoms with Crippen molar-refractivity contribution in [2.75, 3.05) is 17.3 Å². The monoisotopic (exact) mass is 513 g/mol. The van der Waals surface area contributed by atoms with Gasteiger partial charge in [-0.25, -0.2) is 0 Å². The molecule has 0 saturated carbocycles. The van der Waals surface area contributed by atoms with Crippen molar-refractivity contribution < 1.29 is 33.8 Å². The number of hydrogen-bond donors (Lipinski definition) is 1. The highest BCUT2D eigenvalue weighted by Gasteiger charge is 2.65. The molecule has 1 atom stereocenters. The Bertz CT molecular complexity index is 1240. The first-order valence-electron chi connectivity index (χ1n) is 9.88. The molecule has 0 fully saturated rings. The van der Waals surface area contributed by atoms with Gasteiger partial charge < -0.3 is 10.1 Å². The molecule has 0 radical (unpaired) electrons. The third-order valence-corrected chi connectivity index (χ3v) is 6.00. The average molecular weight is 513 g/mol. The van der Waals surface area contributed by atoms with Crippen LogP contribution in [-0.4, -0.2) is 23.9 Å². The van der Waals surface area contributed by atoms with Crippen LogP contribution in [-0.2, 0) is 9.59 Å². The quantitative estimate of drug-likeness (QED) is 0.271. The summed E-state index contributed by atoms with van der Waals surface area (Å²) in [5, 5.41) is 2.62. The van der Waals surface area contributed by atoms with Crippen LogP contribution in [0.3, 0.4) is 0 Å². The fraction of sp³-hybridized carbons (Fsp3) is 0.0870. The number of halogens is 5. The van der Waals surface area contributed by atoms with E-state index in [1.54, 1.807) is 24.3 Å². The Hall–Kier alpha value is -3.93. The van der Waals surface area contributed by atoms with Crippen LogP contribution in [0.5, 0.6) is 5.75 Å². The highest BCUT2D eigenvalue weighted by molar-refractivity contribution is 8.45. The molecule has 12 heteroatoms. The van der Waals surface area contributed by atoms with Crippen molar-refractivity contribution in [3.8, 4) is 5.75 Å². The van der Waals surface area contributed by atoms with E-state index < -0.39 is 33.0 Å². The molecule has 0 saturated heterocycles. The van der Waals surface area contributed by atoms with E-state index in [1.807, 2.05) is 0 Å². The number of methoxy groups -OCH3 is 1. The molecular formula is C23H20F5N3O3S. The largest absolute Gasteiger partial charge is 0.497 e. The molecule has 1 heterocycles. The Labute approximate surface area is 197 Å². The first-order chi connectivity index (χ1) is 16.2. The summed E-state index contributed by atoms with van der Waals surface area (Å²) in [6.07, 6.45) is 3.57. The minimum absolute atomic E-state index is 0.169. The number of rotatable bonds is 8. The number of nitrogens with one attached hydrogen (secondary N) is 1. The molecule has 0 spiro atoms. The summed E-state index contributed by atoms with van der Waals surface area (Å²) in [6.45, 7) is 3.38. The van der Waals surface area contributed by atoms with Crippen molar-refractivity contribution in [1.29, 1.82) is 0 Å². The van der Waals surface area contributed by atoms with Gasteiger partial charge in [-0.1, -0.05) is 32.1 Å². The van der Waals surface area contributed by atoms with E-state index in [1.165, 1.54) is 31.6 Å². The molecule has 35 heavy (non-hydrogen) atoms. The lowest BCUT2D eigenvalue weighted by Crippen LogP contribution is -2.40. The van der Waals surface area contributed by atoms with E-state index in [0.717, 1.165) is 11.0 Å². The van der Waals surface area contributed by atoms with Crippen LogP contribution in [0.1, 0.15) is 11.6 Å². The Morgan fingerprint density at radius 3 is 2.14 bits per heavy atom. The molecule has 1 unspecified atom stereocenters. The Morgan fingerprint density at radius 1 is 1.03 bits per heavy atom. The van der Waals surface area contributed by atoms with E-state index in [2.05, 4.69) is 16.9 Å². The molecule has 2 aromatic carbocycles. The molecule has 186 valence electrons. The summed E-state index contributed by atoms with van der Waals surface area (Å²) < 4.78 is 70.9. The molecule has 3 rings (SSSR count). The number of pyridine rings is 1. The molecule has 0 aliphatic heterocycles. The van der Waals surface area contributed by atoms with Crippen molar-refractivity contribution in [3.05, 3.63) is 91.3 Å². The smallest absolute Gasteiger partial charge is 0.310 e. The maximum absolute atomic E-state index is 13.3. The predicted molar refractivity (Wildman–Crippen MR) is 124 cm³/mol. The van der Waals surface area contributed by atoms with Crippen LogP contribution < -0.4 is 15.0 Å². The molecule has 0 bridgehead atoms. The topological polar surface area (TPSA) is 71.5 Å². The third-order valence-electron chi connectivity index (χ3n) is 4.84. The Morgan fingerprint density at radius 2 is 1.66 bits per heavy atom. The predicted octanol–water partition coefficient (Wildman–Crippen LogP) is 6.65. The van der Waals surface area contributed by atoms with Gasteiger partial charge >= 0.3 is 10.2 Å². The zero-order chi connectivity index (χ0) is 25.9. The van der Waals surface area contributed by atoms with Crippen molar-refractivity contribution in [2.45, 2.75) is 10.9 Å². The van der Waals surface area contributed by atoms with Gasteiger partial charge in [0.05, 0.1) is 7.11 Å². The summed E-state index contributed by atoms with van der Waals surface area (Å²) in [5.74, 6) is -1.07. The van der Waals surface area contributed by atoms with Crippen LogP contribution in [0, 0.1) is 0 Å². The highest BCUT2D eigenvalue weighted by Crippen LogP contribution is 3.02. The lowest BCUT2D eigenvalue weighted by Gasteiger charge is -2.40. The van der Waals surface area contributed by atoms with Gasteiger partial charge in [-0.3, -0.25) is 19.5 Å². The molecule has 1 aromatic heterocycles. The van der Waals surface area contributed by atoms with Gasteiger partial charge in [-0.15, -0.1) is 0 Å². The SMILES string of the molecule is C=CC(=O)N(c1ccc(S(F)(F)(F)(F)F)cc1)C(C(=O)Nc1ccc(OC)cc1)c1cccnc1. The standard InChI is InChI=1S/C23H20F5N3O3S/c1-3-21(32)31(18-8-12-20(13-9-18)35(24,25,26,27)28)22(16-5-4-14-29-15-16)23(33)30-17-6-10-19(34-2)11-7-17/h3-15,22H,1H2,2H3,(H,30,33). The average Bonchev–Trinajstić information content (AvgIpc) is 2.81. The van der Waals surface area contributed by atoms with Gasteiger partial charge in [0, 0.05) is 29.3 Å². The summed E-state index contributed by atoms with van der Waals surface area (Å²) in [4.78, 5) is 28.8. The van der Waals surface area contributed by atoms with Crippen LogP contribution in [0.4, 0.5) is 30.8 Å². The van der Waals surface area contributed by atoms with Crippen LogP contribution in [0.25, 0.3) is 0 Å². The first-order valence-corrected chi connectivity index (χ1v) is 11.8. The second-order valence-electron chi connectivity index (χ2n) is 7.28. The van der Waals surface area contributed by atoms with Crippen LogP contribution in [0.15, 0.2) is 90.6 Å².